The Morgan fingerprint density at radius 2 is 2.22 bits per heavy atom. The van der Waals surface area contributed by atoms with E-state index in [1.165, 1.54) is 12.8 Å². The van der Waals surface area contributed by atoms with Gasteiger partial charge >= 0.3 is 0 Å². The second kappa shape index (κ2) is 5.68. The minimum absolute atomic E-state index is 0.195. The average molecular weight is 269 g/mol. The van der Waals surface area contributed by atoms with Crippen molar-refractivity contribution in [3.63, 3.8) is 0 Å². The summed E-state index contributed by atoms with van der Waals surface area (Å²) in [5.74, 6) is 0.787. The molecule has 1 saturated carbocycles. The van der Waals surface area contributed by atoms with Crippen LogP contribution in [0.4, 0.5) is 0 Å². The van der Waals surface area contributed by atoms with Gasteiger partial charge < -0.3 is 9.84 Å². The summed E-state index contributed by atoms with van der Waals surface area (Å²) < 4.78 is 6.06. The summed E-state index contributed by atoms with van der Waals surface area (Å²) in [6, 6.07) is 0. The summed E-state index contributed by atoms with van der Waals surface area (Å²) in [7, 11) is 0. The SMILES string of the molecule is CCOC1(c2nc(C(C)O)cs2)CCC(C)CC1. The van der Waals surface area contributed by atoms with Crippen LogP contribution in [0.3, 0.4) is 0 Å². The van der Waals surface area contributed by atoms with Gasteiger partial charge in [0.1, 0.15) is 10.6 Å². The molecule has 1 atom stereocenters. The smallest absolute Gasteiger partial charge is 0.125 e. The van der Waals surface area contributed by atoms with Crippen LogP contribution in [0.15, 0.2) is 5.38 Å². The lowest BCUT2D eigenvalue weighted by molar-refractivity contribution is -0.0778. The van der Waals surface area contributed by atoms with Crippen LogP contribution in [0.1, 0.15) is 63.3 Å². The molecule has 1 aliphatic carbocycles. The van der Waals surface area contributed by atoms with Gasteiger partial charge in [-0.15, -0.1) is 11.3 Å². The zero-order valence-electron chi connectivity index (χ0n) is 11.5. The lowest BCUT2D eigenvalue weighted by Gasteiger charge is -2.37. The maximum absolute atomic E-state index is 9.59. The van der Waals surface area contributed by atoms with E-state index in [1.807, 2.05) is 12.3 Å². The highest BCUT2D eigenvalue weighted by Crippen LogP contribution is 2.43. The molecule has 4 heteroatoms. The largest absolute Gasteiger partial charge is 0.387 e. The first-order valence-electron chi connectivity index (χ1n) is 6.85. The van der Waals surface area contributed by atoms with E-state index in [4.69, 9.17) is 4.74 Å². The van der Waals surface area contributed by atoms with Crippen molar-refractivity contribution in [3.05, 3.63) is 16.1 Å². The summed E-state index contributed by atoms with van der Waals surface area (Å²) >= 11 is 1.63. The Morgan fingerprint density at radius 1 is 1.56 bits per heavy atom. The first-order chi connectivity index (χ1) is 8.57. The fraction of sp³-hybridized carbons (Fsp3) is 0.786. The fourth-order valence-electron chi connectivity index (χ4n) is 2.61. The quantitative estimate of drug-likeness (QED) is 0.907. The van der Waals surface area contributed by atoms with Crippen LogP contribution in [-0.2, 0) is 10.3 Å². The molecule has 0 bridgehead atoms. The number of thiazole rings is 1. The predicted octanol–water partition coefficient (Wildman–Crippen LogP) is 3.64. The number of ether oxygens (including phenoxy) is 1. The molecule has 0 aliphatic heterocycles. The predicted molar refractivity (Wildman–Crippen MR) is 73.7 cm³/mol. The molecule has 3 nitrogen and oxygen atoms in total. The summed E-state index contributed by atoms with van der Waals surface area (Å²) in [4.78, 5) is 4.59. The van der Waals surface area contributed by atoms with Gasteiger partial charge in [-0.2, -0.15) is 0 Å². The number of hydrogen-bond donors (Lipinski definition) is 1. The van der Waals surface area contributed by atoms with Gasteiger partial charge in [-0.25, -0.2) is 4.98 Å². The summed E-state index contributed by atoms with van der Waals surface area (Å²) in [6.07, 6.45) is 4.01. The first-order valence-corrected chi connectivity index (χ1v) is 7.73. The summed E-state index contributed by atoms with van der Waals surface area (Å²) in [5.41, 5.74) is 0.576. The average Bonchev–Trinajstić information content (AvgIpc) is 2.83. The van der Waals surface area contributed by atoms with Gasteiger partial charge in [0.15, 0.2) is 0 Å². The molecule has 1 aliphatic rings. The minimum Gasteiger partial charge on any atom is -0.387 e. The van der Waals surface area contributed by atoms with Crippen LogP contribution in [-0.4, -0.2) is 16.7 Å². The molecule has 1 aromatic rings. The van der Waals surface area contributed by atoms with Crippen molar-refractivity contribution in [2.45, 2.75) is 58.2 Å². The Bertz CT molecular complexity index is 381. The van der Waals surface area contributed by atoms with Crippen molar-refractivity contribution < 1.29 is 9.84 Å². The van der Waals surface area contributed by atoms with Crippen LogP contribution in [0.5, 0.6) is 0 Å². The van der Waals surface area contributed by atoms with Gasteiger partial charge in [0.2, 0.25) is 0 Å². The van der Waals surface area contributed by atoms with Crippen LogP contribution < -0.4 is 0 Å². The highest BCUT2D eigenvalue weighted by molar-refractivity contribution is 7.09. The van der Waals surface area contributed by atoms with Crippen LogP contribution >= 0.6 is 11.3 Å². The third kappa shape index (κ3) is 2.76. The first kappa shape index (κ1) is 14.0. The van der Waals surface area contributed by atoms with Crippen LogP contribution in [0.2, 0.25) is 0 Å². The van der Waals surface area contributed by atoms with E-state index in [1.54, 1.807) is 18.3 Å². The number of aromatic nitrogens is 1. The standard InChI is InChI=1S/C14H23NO2S/c1-4-17-14(7-5-10(2)6-8-14)13-15-12(9-18-13)11(3)16/h9-11,16H,4-8H2,1-3H3. The molecule has 1 unspecified atom stereocenters. The van der Waals surface area contributed by atoms with E-state index in [0.29, 0.717) is 0 Å². The second-order valence-corrected chi connectivity index (χ2v) is 6.22. The molecule has 1 fully saturated rings. The fourth-order valence-corrected chi connectivity index (χ4v) is 3.73. The number of nitrogens with zero attached hydrogens (tertiary/aromatic N) is 1. The van der Waals surface area contributed by atoms with E-state index in [0.717, 1.165) is 36.1 Å². The Balaban J connectivity index is 2.23. The molecule has 0 spiro atoms. The number of hydrogen-bond acceptors (Lipinski definition) is 4. The molecule has 102 valence electrons. The Kier molecular flexibility index (Phi) is 4.41. The lowest BCUT2D eigenvalue weighted by Crippen LogP contribution is -2.34. The van der Waals surface area contributed by atoms with Crippen molar-refractivity contribution in [3.8, 4) is 0 Å². The van der Waals surface area contributed by atoms with E-state index in [-0.39, 0.29) is 5.60 Å². The van der Waals surface area contributed by atoms with Gasteiger partial charge in [-0.1, -0.05) is 6.92 Å². The van der Waals surface area contributed by atoms with Crippen molar-refractivity contribution >= 4 is 11.3 Å². The van der Waals surface area contributed by atoms with Crippen molar-refractivity contribution in [1.82, 2.24) is 4.98 Å². The summed E-state index contributed by atoms with van der Waals surface area (Å²) in [6.45, 7) is 6.83. The van der Waals surface area contributed by atoms with Crippen molar-refractivity contribution in [2.75, 3.05) is 6.61 Å². The van der Waals surface area contributed by atoms with Crippen molar-refractivity contribution in [1.29, 1.82) is 0 Å². The molecule has 0 aromatic carbocycles. The third-order valence-electron chi connectivity index (χ3n) is 3.84. The number of rotatable bonds is 4. The molecular formula is C14H23NO2S. The highest BCUT2D eigenvalue weighted by atomic mass is 32.1. The molecule has 1 aromatic heterocycles. The molecule has 1 N–H and O–H groups in total. The Labute approximate surface area is 113 Å². The minimum atomic E-state index is -0.490. The van der Waals surface area contributed by atoms with E-state index >= 15 is 0 Å². The molecule has 1 heterocycles. The number of aliphatic hydroxyl groups is 1. The monoisotopic (exact) mass is 269 g/mol. The summed E-state index contributed by atoms with van der Waals surface area (Å²) in [5, 5.41) is 12.6. The molecule has 0 saturated heterocycles. The second-order valence-electron chi connectivity index (χ2n) is 5.36. The van der Waals surface area contributed by atoms with E-state index in [2.05, 4.69) is 11.9 Å². The molecule has 0 radical (unpaired) electrons. The third-order valence-corrected chi connectivity index (χ3v) is 4.89. The van der Waals surface area contributed by atoms with Gasteiger partial charge in [-0.3, -0.25) is 0 Å². The zero-order chi connectivity index (χ0) is 13.2. The van der Waals surface area contributed by atoms with Crippen LogP contribution in [0.25, 0.3) is 0 Å². The van der Waals surface area contributed by atoms with E-state index in [9.17, 15) is 5.11 Å². The van der Waals surface area contributed by atoms with Crippen LogP contribution in [0, 0.1) is 5.92 Å². The van der Waals surface area contributed by atoms with Crippen molar-refractivity contribution in [2.24, 2.45) is 5.92 Å². The highest BCUT2D eigenvalue weighted by Gasteiger charge is 2.39. The van der Waals surface area contributed by atoms with E-state index < -0.39 is 6.10 Å². The maximum Gasteiger partial charge on any atom is 0.125 e. The maximum atomic E-state index is 9.59. The Hall–Kier alpha value is -0.450. The molecule has 2 rings (SSSR count). The molecule has 18 heavy (non-hydrogen) atoms. The molecular weight excluding hydrogens is 246 g/mol. The van der Waals surface area contributed by atoms with Gasteiger partial charge in [-0.05, 0) is 45.4 Å². The number of aliphatic hydroxyl groups excluding tert-OH is 1. The van der Waals surface area contributed by atoms with Gasteiger partial charge in [0, 0.05) is 12.0 Å². The zero-order valence-corrected chi connectivity index (χ0v) is 12.3. The molecule has 0 amide bonds. The normalized spacial score (nSPS) is 30.3. The lowest BCUT2D eigenvalue weighted by atomic mass is 9.79. The topological polar surface area (TPSA) is 42.4 Å². The van der Waals surface area contributed by atoms with Gasteiger partial charge in [0.25, 0.3) is 0 Å². The Morgan fingerprint density at radius 3 is 2.72 bits per heavy atom. The van der Waals surface area contributed by atoms with Gasteiger partial charge in [0.05, 0.1) is 11.8 Å².